The Morgan fingerprint density at radius 3 is 2.42 bits per heavy atom. The first-order valence-corrected chi connectivity index (χ1v) is 26.1. The maximum absolute atomic E-state index is 15.2. The number of pyridine rings is 2. The number of ether oxygens (including phenoxy) is 2. The van der Waals surface area contributed by atoms with Crippen molar-refractivity contribution in [3.8, 4) is 11.1 Å². The van der Waals surface area contributed by atoms with E-state index in [2.05, 4.69) is 84.1 Å². The Hall–Kier alpha value is -6.27. The van der Waals surface area contributed by atoms with Crippen LogP contribution in [0.15, 0.2) is 73.1 Å². The molecule has 5 saturated heterocycles. The van der Waals surface area contributed by atoms with Crippen LogP contribution in [-0.4, -0.2) is 135 Å². The highest BCUT2D eigenvalue weighted by molar-refractivity contribution is 6.01. The standard InChI is InChI=1S/C55H66FN11O5/c1-62-42(31-44-43(14-19-57-52(44)62)40-10-11-46-48(29-40)67(49(60-46)35-71-2)51-5-3-4-28-72-51)34-63-20-17-38(18-21-63)37-6-8-39(9-7-37)55(70)66-22-15-36(16-23-66)33-64-24-26-65(27-25-64)53-45(56)30-41(32-58-53)59-47-12-13-50(68)61-54(47)69/h6-11,14,19,29-32,36,38,47,51,59H,3-5,12-13,15-18,20-28,33-35H2,1-2H3,(H,61,68,69). The lowest BCUT2D eigenvalue weighted by Gasteiger charge is -2.39. The van der Waals surface area contributed by atoms with Gasteiger partial charge in [-0.15, -0.1) is 0 Å². The van der Waals surface area contributed by atoms with Crippen molar-refractivity contribution in [1.29, 1.82) is 0 Å². The van der Waals surface area contributed by atoms with E-state index in [0.29, 0.717) is 49.5 Å². The van der Waals surface area contributed by atoms with Gasteiger partial charge in [0.05, 0.1) is 22.9 Å². The van der Waals surface area contributed by atoms with Crippen LogP contribution >= 0.6 is 0 Å². The van der Waals surface area contributed by atoms with Gasteiger partial charge in [-0.2, -0.15) is 0 Å². The van der Waals surface area contributed by atoms with Crippen molar-refractivity contribution in [3.63, 3.8) is 0 Å². The molecule has 0 radical (unpaired) electrons. The third kappa shape index (κ3) is 10.1. The Balaban J connectivity index is 0.642. The van der Waals surface area contributed by atoms with E-state index in [1.165, 1.54) is 17.3 Å². The summed E-state index contributed by atoms with van der Waals surface area (Å²) in [7, 11) is 3.84. The minimum absolute atomic E-state index is 0.0417. The van der Waals surface area contributed by atoms with Crippen molar-refractivity contribution in [1.82, 2.24) is 44.1 Å². The van der Waals surface area contributed by atoms with Crippen molar-refractivity contribution < 1.29 is 28.2 Å². The average molecular weight is 980 g/mol. The largest absolute Gasteiger partial charge is 0.377 e. The van der Waals surface area contributed by atoms with Crippen LogP contribution in [0.1, 0.15) is 97.4 Å². The molecule has 9 heterocycles. The lowest BCUT2D eigenvalue weighted by Crippen LogP contribution is -2.49. The molecule has 2 aromatic carbocycles. The van der Waals surface area contributed by atoms with Crippen LogP contribution in [0.2, 0.25) is 0 Å². The number of carbonyl (C=O) groups is 3. The second kappa shape index (κ2) is 21.1. The van der Waals surface area contributed by atoms with Gasteiger partial charge in [0.2, 0.25) is 11.8 Å². The van der Waals surface area contributed by atoms with Gasteiger partial charge < -0.3 is 29.2 Å². The molecule has 5 aliphatic heterocycles. The molecule has 2 unspecified atom stereocenters. The maximum Gasteiger partial charge on any atom is 0.253 e. The summed E-state index contributed by atoms with van der Waals surface area (Å²) in [6.45, 7) is 9.48. The molecule has 3 amide bonds. The first-order valence-electron chi connectivity index (χ1n) is 26.1. The fourth-order valence-corrected chi connectivity index (χ4v) is 11.8. The highest BCUT2D eigenvalue weighted by Crippen LogP contribution is 2.36. The first kappa shape index (κ1) is 48.0. The number of nitrogens with zero attached hydrogens (tertiary/aromatic N) is 9. The summed E-state index contributed by atoms with van der Waals surface area (Å²) in [6.07, 6.45) is 11.3. The van der Waals surface area contributed by atoms with E-state index < -0.39 is 17.8 Å². The number of piperidine rings is 3. The number of nitrogens with one attached hydrogen (secondary N) is 2. The summed E-state index contributed by atoms with van der Waals surface area (Å²) in [5.74, 6) is 1.15. The summed E-state index contributed by atoms with van der Waals surface area (Å²) >= 11 is 0. The molecule has 2 atom stereocenters. The number of aryl methyl sites for hydroxylation is 1. The number of hydrogen-bond acceptors (Lipinski definition) is 12. The summed E-state index contributed by atoms with van der Waals surface area (Å²) in [5, 5.41) is 6.47. The fraction of sp³-hybridized carbons (Fsp3) is 0.491. The van der Waals surface area contributed by atoms with Crippen molar-refractivity contribution in [2.45, 2.75) is 89.1 Å². The number of benzene rings is 2. The molecule has 0 aliphatic carbocycles. The van der Waals surface area contributed by atoms with Gasteiger partial charge in [-0.3, -0.25) is 34.1 Å². The van der Waals surface area contributed by atoms with E-state index in [4.69, 9.17) is 19.4 Å². The SMILES string of the molecule is COCc1nc2ccc(-c3ccnc4c3cc(CN3CCC(c5ccc(C(=O)N6CCC(CN7CCN(c8ncc(NC9CCC(=O)NC9=O)cc8F)CC7)CC6)cc5)CC3)n4C)cc2n1C1CCCCO1. The van der Waals surface area contributed by atoms with E-state index in [1.807, 2.05) is 28.1 Å². The molecule has 11 rings (SSSR count). The molecule has 17 heteroatoms. The van der Waals surface area contributed by atoms with Gasteiger partial charge in [-0.25, -0.2) is 19.3 Å². The number of fused-ring (bicyclic) bond motifs is 2. The number of imidazole rings is 1. The van der Waals surface area contributed by atoms with Crippen molar-refractivity contribution in [2.24, 2.45) is 13.0 Å². The predicted molar refractivity (Wildman–Crippen MR) is 274 cm³/mol. The molecule has 0 saturated carbocycles. The predicted octanol–water partition coefficient (Wildman–Crippen LogP) is 7.24. The summed E-state index contributed by atoms with van der Waals surface area (Å²) in [5.41, 5.74) is 9.02. The maximum atomic E-state index is 15.2. The quantitative estimate of drug-likeness (QED) is 0.112. The number of imide groups is 1. The smallest absolute Gasteiger partial charge is 0.253 e. The molecular formula is C55H66FN11O5. The van der Waals surface area contributed by atoms with Crippen LogP contribution in [0.5, 0.6) is 0 Å². The topological polar surface area (TPSA) is 155 Å². The molecule has 16 nitrogen and oxygen atoms in total. The van der Waals surface area contributed by atoms with Crippen LogP contribution in [0, 0.1) is 11.7 Å². The van der Waals surface area contributed by atoms with Crippen LogP contribution in [0.3, 0.4) is 0 Å². The highest BCUT2D eigenvalue weighted by atomic mass is 19.1. The van der Waals surface area contributed by atoms with Gasteiger partial charge in [0.15, 0.2) is 11.6 Å². The van der Waals surface area contributed by atoms with E-state index in [0.717, 1.165) is 148 Å². The molecule has 0 bridgehead atoms. The summed E-state index contributed by atoms with van der Waals surface area (Å²) in [4.78, 5) is 60.5. The van der Waals surface area contributed by atoms with Crippen molar-refractivity contribution >= 4 is 51.3 Å². The number of aromatic nitrogens is 5. The van der Waals surface area contributed by atoms with Gasteiger partial charge in [0.1, 0.15) is 30.3 Å². The van der Waals surface area contributed by atoms with E-state index in [9.17, 15) is 14.4 Å². The number of piperazine rings is 1. The number of methoxy groups -OCH3 is 1. The number of amides is 3. The van der Waals surface area contributed by atoms with Crippen molar-refractivity contribution in [3.05, 3.63) is 102 Å². The second-order valence-electron chi connectivity index (χ2n) is 20.5. The Labute approximate surface area is 419 Å². The molecule has 2 N–H and O–H groups in total. The Bertz CT molecular complexity index is 2930. The number of rotatable bonds is 13. The van der Waals surface area contributed by atoms with Gasteiger partial charge in [-0.1, -0.05) is 18.2 Å². The molecule has 0 spiro atoms. The minimum atomic E-state index is -0.592. The summed E-state index contributed by atoms with van der Waals surface area (Å²) < 4.78 is 31.5. The number of likely N-dealkylation sites (tertiary alicyclic amines) is 2. The molecule has 4 aromatic heterocycles. The van der Waals surface area contributed by atoms with Crippen LogP contribution < -0.4 is 15.5 Å². The molecule has 72 heavy (non-hydrogen) atoms. The van der Waals surface area contributed by atoms with E-state index in [1.54, 1.807) is 13.3 Å². The molecule has 6 aromatic rings. The zero-order valence-corrected chi connectivity index (χ0v) is 41.5. The third-order valence-corrected chi connectivity index (χ3v) is 15.9. The van der Waals surface area contributed by atoms with Crippen molar-refractivity contribution in [2.75, 3.05) is 82.8 Å². The average Bonchev–Trinajstić information content (AvgIpc) is 3.93. The summed E-state index contributed by atoms with van der Waals surface area (Å²) in [6, 6.07) is 20.2. The number of hydrogen-bond donors (Lipinski definition) is 2. The minimum Gasteiger partial charge on any atom is -0.377 e. The Morgan fingerprint density at radius 2 is 1.68 bits per heavy atom. The monoisotopic (exact) mass is 980 g/mol. The Kier molecular flexibility index (Phi) is 14.0. The highest BCUT2D eigenvalue weighted by Gasteiger charge is 2.31. The van der Waals surface area contributed by atoms with Crippen LogP contribution in [0.25, 0.3) is 33.2 Å². The van der Waals surface area contributed by atoms with E-state index >= 15 is 4.39 Å². The lowest BCUT2D eigenvalue weighted by molar-refractivity contribution is -0.133. The van der Waals surface area contributed by atoms with Gasteiger partial charge in [-0.05, 0) is 129 Å². The second-order valence-corrected chi connectivity index (χ2v) is 20.5. The number of anilines is 2. The molecule has 378 valence electrons. The third-order valence-electron chi connectivity index (χ3n) is 15.9. The number of carbonyl (C=O) groups excluding carboxylic acids is 3. The van der Waals surface area contributed by atoms with Crippen LogP contribution in [-0.2, 0) is 39.3 Å². The number of halogens is 1. The first-order chi connectivity index (χ1) is 35.1. The lowest BCUT2D eigenvalue weighted by atomic mass is 9.88. The zero-order valence-electron chi connectivity index (χ0n) is 41.5. The zero-order chi connectivity index (χ0) is 49.3. The van der Waals surface area contributed by atoms with Gasteiger partial charge >= 0.3 is 0 Å². The van der Waals surface area contributed by atoms with E-state index in [-0.39, 0.29) is 24.5 Å². The molecule has 5 aliphatic rings. The van der Waals surface area contributed by atoms with Crippen LogP contribution in [0.4, 0.5) is 15.9 Å². The molecule has 5 fully saturated rings. The normalized spacial score (nSPS) is 21.2. The molecular weight excluding hydrogens is 914 g/mol. The van der Waals surface area contributed by atoms with Gasteiger partial charge in [0, 0.05) is 108 Å². The fourth-order valence-electron chi connectivity index (χ4n) is 11.8. The Morgan fingerprint density at radius 1 is 0.875 bits per heavy atom. The van der Waals surface area contributed by atoms with Gasteiger partial charge in [0.25, 0.3) is 5.91 Å².